The minimum absolute atomic E-state index is 0.0816. The van der Waals surface area contributed by atoms with E-state index in [-0.39, 0.29) is 22.9 Å². The SMILES string of the molecule is COc1ccccc1C1/C(=C(\O)c2cccc([N+](=O)[O-])c2)C(=O)C(=O)N1C1CCCC1. The summed E-state index contributed by atoms with van der Waals surface area (Å²) in [6.07, 6.45) is 3.46. The standard InChI is InChI=1S/C23H22N2O6/c1-31-18-12-5-4-11-17(18)20-19(21(26)14-7-6-10-16(13-14)25(29)30)22(27)23(28)24(20)15-8-2-3-9-15/h4-7,10-13,15,20,26H,2-3,8-9H2,1H3/b21-19+. The van der Waals surface area contributed by atoms with E-state index in [0.717, 1.165) is 25.7 Å². The number of hydrogen-bond donors (Lipinski definition) is 1. The Morgan fingerprint density at radius 3 is 2.52 bits per heavy atom. The molecule has 1 heterocycles. The highest BCUT2D eigenvalue weighted by molar-refractivity contribution is 6.46. The van der Waals surface area contributed by atoms with Gasteiger partial charge in [0.15, 0.2) is 0 Å². The summed E-state index contributed by atoms with van der Waals surface area (Å²) in [6.45, 7) is 0. The Kier molecular flexibility index (Phi) is 5.46. The van der Waals surface area contributed by atoms with E-state index in [1.54, 1.807) is 29.2 Å². The van der Waals surface area contributed by atoms with Gasteiger partial charge in [-0.15, -0.1) is 0 Å². The number of ketones is 1. The molecule has 2 fully saturated rings. The molecule has 0 aromatic heterocycles. The zero-order chi connectivity index (χ0) is 22.1. The van der Waals surface area contributed by atoms with Crippen LogP contribution in [-0.2, 0) is 9.59 Å². The highest BCUT2D eigenvalue weighted by atomic mass is 16.6. The number of non-ortho nitro benzene ring substituents is 1. The van der Waals surface area contributed by atoms with Gasteiger partial charge in [0.1, 0.15) is 11.5 Å². The van der Waals surface area contributed by atoms with Crippen LogP contribution in [0.2, 0.25) is 0 Å². The average Bonchev–Trinajstić information content (AvgIpc) is 3.40. The largest absolute Gasteiger partial charge is 0.507 e. The number of likely N-dealkylation sites (tertiary alicyclic amines) is 1. The van der Waals surface area contributed by atoms with E-state index in [4.69, 9.17) is 4.74 Å². The number of hydrogen-bond acceptors (Lipinski definition) is 6. The first-order chi connectivity index (χ1) is 14.9. The first-order valence-electron chi connectivity index (χ1n) is 10.1. The van der Waals surface area contributed by atoms with Crippen molar-refractivity contribution >= 4 is 23.1 Å². The summed E-state index contributed by atoms with van der Waals surface area (Å²) >= 11 is 0. The lowest BCUT2D eigenvalue weighted by Crippen LogP contribution is -2.37. The lowest BCUT2D eigenvalue weighted by Gasteiger charge is -2.31. The second-order valence-corrected chi connectivity index (χ2v) is 7.69. The van der Waals surface area contributed by atoms with Crippen molar-refractivity contribution in [3.05, 3.63) is 75.3 Å². The van der Waals surface area contributed by atoms with Gasteiger partial charge >= 0.3 is 0 Å². The Hall–Kier alpha value is -3.68. The van der Waals surface area contributed by atoms with Crippen LogP contribution in [0.5, 0.6) is 5.75 Å². The van der Waals surface area contributed by atoms with Crippen LogP contribution in [0.1, 0.15) is 42.9 Å². The van der Waals surface area contributed by atoms with Gasteiger partial charge in [0, 0.05) is 29.3 Å². The van der Waals surface area contributed by atoms with Crippen LogP contribution in [0.25, 0.3) is 5.76 Å². The van der Waals surface area contributed by atoms with Gasteiger partial charge in [-0.05, 0) is 18.9 Å². The van der Waals surface area contributed by atoms with Gasteiger partial charge in [-0.2, -0.15) is 0 Å². The topological polar surface area (TPSA) is 110 Å². The zero-order valence-electron chi connectivity index (χ0n) is 17.0. The Bertz CT molecular complexity index is 1090. The van der Waals surface area contributed by atoms with Gasteiger partial charge < -0.3 is 14.7 Å². The minimum Gasteiger partial charge on any atom is -0.507 e. The number of aliphatic hydroxyl groups is 1. The molecule has 2 aliphatic rings. The van der Waals surface area contributed by atoms with Gasteiger partial charge in [-0.3, -0.25) is 19.7 Å². The third-order valence-corrected chi connectivity index (χ3v) is 5.96. The van der Waals surface area contributed by atoms with Crippen LogP contribution in [0.15, 0.2) is 54.1 Å². The van der Waals surface area contributed by atoms with Gasteiger partial charge in [0.05, 0.1) is 23.6 Å². The molecule has 1 saturated heterocycles. The average molecular weight is 422 g/mol. The van der Waals surface area contributed by atoms with Crippen molar-refractivity contribution in [2.45, 2.75) is 37.8 Å². The summed E-state index contributed by atoms with van der Waals surface area (Å²) in [4.78, 5) is 38.3. The summed E-state index contributed by atoms with van der Waals surface area (Å²) in [7, 11) is 1.50. The third kappa shape index (κ3) is 3.54. The fourth-order valence-electron chi connectivity index (χ4n) is 4.53. The second-order valence-electron chi connectivity index (χ2n) is 7.69. The van der Waals surface area contributed by atoms with Crippen LogP contribution in [0, 0.1) is 10.1 Å². The number of rotatable bonds is 5. The molecule has 1 amide bonds. The molecule has 1 unspecified atom stereocenters. The molecular formula is C23H22N2O6. The molecule has 2 aromatic rings. The molecule has 1 atom stereocenters. The summed E-state index contributed by atoms with van der Waals surface area (Å²) < 4.78 is 5.48. The Morgan fingerprint density at radius 1 is 1.13 bits per heavy atom. The van der Waals surface area contributed by atoms with Crippen molar-refractivity contribution in [2.75, 3.05) is 7.11 Å². The van der Waals surface area contributed by atoms with E-state index in [1.165, 1.54) is 31.4 Å². The lowest BCUT2D eigenvalue weighted by molar-refractivity contribution is -0.384. The van der Waals surface area contributed by atoms with Crippen LogP contribution in [-0.4, -0.2) is 39.8 Å². The number of benzene rings is 2. The maximum Gasteiger partial charge on any atom is 0.295 e. The highest BCUT2D eigenvalue weighted by Gasteiger charge is 2.50. The molecule has 1 aliphatic heterocycles. The zero-order valence-corrected chi connectivity index (χ0v) is 17.0. The molecular weight excluding hydrogens is 400 g/mol. The molecule has 31 heavy (non-hydrogen) atoms. The summed E-state index contributed by atoms with van der Waals surface area (Å²) in [6, 6.07) is 11.5. The maximum atomic E-state index is 13.1. The van der Waals surface area contributed by atoms with Gasteiger partial charge in [0.2, 0.25) is 0 Å². The summed E-state index contributed by atoms with van der Waals surface area (Å²) in [5.41, 5.74) is 0.395. The first-order valence-corrected chi connectivity index (χ1v) is 10.1. The molecule has 1 N–H and O–H groups in total. The molecule has 8 nitrogen and oxygen atoms in total. The van der Waals surface area contributed by atoms with Crippen molar-refractivity contribution < 1.29 is 24.4 Å². The van der Waals surface area contributed by atoms with E-state index in [2.05, 4.69) is 0 Å². The fourth-order valence-corrected chi connectivity index (χ4v) is 4.53. The quantitative estimate of drug-likeness (QED) is 0.257. The van der Waals surface area contributed by atoms with E-state index in [1.807, 2.05) is 0 Å². The normalized spacial score (nSPS) is 20.9. The first kappa shape index (κ1) is 20.6. The van der Waals surface area contributed by atoms with Gasteiger partial charge in [-0.1, -0.05) is 43.2 Å². The molecule has 1 saturated carbocycles. The highest BCUT2D eigenvalue weighted by Crippen LogP contribution is 2.45. The van der Waals surface area contributed by atoms with Crippen molar-refractivity contribution in [3.8, 4) is 5.75 Å². The smallest absolute Gasteiger partial charge is 0.295 e. The number of carbonyl (C=O) groups excluding carboxylic acids is 2. The Balaban J connectivity index is 1.93. The monoisotopic (exact) mass is 422 g/mol. The predicted octanol–water partition coefficient (Wildman–Crippen LogP) is 3.97. The van der Waals surface area contributed by atoms with Crippen LogP contribution < -0.4 is 4.74 Å². The van der Waals surface area contributed by atoms with Crippen molar-refractivity contribution in [3.63, 3.8) is 0 Å². The Morgan fingerprint density at radius 2 is 1.84 bits per heavy atom. The molecule has 2 aromatic carbocycles. The summed E-state index contributed by atoms with van der Waals surface area (Å²) in [5, 5.41) is 22.3. The molecule has 4 rings (SSSR count). The molecule has 0 bridgehead atoms. The second kappa shape index (κ2) is 8.22. The number of para-hydroxylation sites is 1. The Labute approximate surface area is 178 Å². The predicted molar refractivity (Wildman–Crippen MR) is 112 cm³/mol. The van der Waals surface area contributed by atoms with E-state index in [0.29, 0.717) is 11.3 Å². The fraction of sp³-hybridized carbons (Fsp3) is 0.304. The van der Waals surface area contributed by atoms with Crippen LogP contribution in [0.3, 0.4) is 0 Å². The van der Waals surface area contributed by atoms with Crippen LogP contribution in [0.4, 0.5) is 5.69 Å². The molecule has 0 spiro atoms. The summed E-state index contributed by atoms with van der Waals surface area (Å²) in [5.74, 6) is -1.41. The van der Waals surface area contributed by atoms with E-state index >= 15 is 0 Å². The van der Waals surface area contributed by atoms with Gasteiger partial charge in [-0.25, -0.2) is 0 Å². The number of nitro benzene ring substituents is 1. The number of nitrogens with zero attached hydrogens (tertiary/aromatic N) is 2. The molecule has 0 radical (unpaired) electrons. The number of amides is 1. The van der Waals surface area contributed by atoms with E-state index < -0.39 is 28.4 Å². The number of ether oxygens (including phenoxy) is 1. The van der Waals surface area contributed by atoms with Crippen molar-refractivity contribution in [1.82, 2.24) is 4.90 Å². The third-order valence-electron chi connectivity index (χ3n) is 5.96. The van der Waals surface area contributed by atoms with Crippen molar-refractivity contribution in [2.24, 2.45) is 0 Å². The number of Topliss-reactive ketones (excluding diaryl/α,β-unsaturated/α-hetero) is 1. The number of carbonyl (C=O) groups is 2. The molecule has 8 heteroatoms. The number of nitro groups is 1. The maximum absolute atomic E-state index is 13.1. The molecule has 1 aliphatic carbocycles. The number of methoxy groups -OCH3 is 1. The van der Waals surface area contributed by atoms with E-state index in [9.17, 15) is 24.8 Å². The number of aliphatic hydroxyl groups excluding tert-OH is 1. The van der Waals surface area contributed by atoms with Crippen molar-refractivity contribution in [1.29, 1.82) is 0 Å². The van der Waals surface area contributed by atoms with Gasteiger partial charge in [0.25, 0.3) is 17.4 Å². The molecule has 160 valence electrons. The minimum atomic E-state index is -0.835. The lowest BCUT2D eigenvalue weighted by atomic mass is 9.94. The van der Waals surface area contributed by atoms with Crippen LogP contribution >= 0.6 is 0 Å².